The van der Waals surface area contributed by atoms with E-state index in [0.29, 0.717) is 17.7 Å². The smallest absolute Gasteiger partial charge is 0.326 e. The maximum absolute atomic E-state index is 13.7. The molecule has 2 N–H and O–H groups in total. The van der Waals surface area contributed by atoms with Crippen LogP contribution in [0.5, 0.6) is 0 Å². The summed E-state index contributed by atoms with van der Waals surface area (Å²) in [4.78, 5) is 20.9. The van der Waals surface area contributed by atoms with E-state index in [-0.39, 0.29) is 28.6 Å². The maximum atomic E-state index is 13.7. The number of thiazole rings is 1. The number of nitrogens with zero attached hydrogens (tertiary/aromatic N) is 3. The lowest BCUT2D eigenvalue weighted by Crippen LogP contribution is -2.13. The molecule has 0 aliphatic rings. The molecule has 160 valence electrons. The van der Waals surface area contributed by atoms with Gasteiger partial charge in [0.1, 0.15) is 4.88 Å². The monoisotopic (exact) mass is 444 g/mol. The van der Waals surface area contributed by atoms with Crippen molar-refractivity contribution >= 4 is 17.1 Å². The zero-order chi connectivity index (χ0) is 22.8. The van der Waals surface area contributed by atoms with Crippen LogP contribution in [0.15, 0.2) is 36.5 Å². The van der Waals surface area contributed by atoms with Gasteiger partial charge in [0.15, 0.2) is 5.69 Å². The van der Waals surface area contributed by atoms with E-state index >= 15 is 0 Å². The van der Waals surface area contributed by atoms with Crippen molar-refractivity contribution in [2.75, 3.05) is 0 Å². The quantitative estimate of drug-likeness (QED) is 0.521. The molecule has 0 radical (unpaired) electrons. The van der Waals surface area contributed by atoms with E-state index in [1.54, 1.807) is 19.1 Å². The van der Waals surface area contributed by atoms with Crippen LogP contribution in [0.25, 0.3) is 11.3 Å². The first-order valence-electron chi connectivity index (χ1n) is 9.51. The molecule has 1 atom stereocenters. The Hall–Kier alpha value is -3.09. The molecule has 0 saturated carbocycles. The van der Waals surface area contributed by atoms with Crippen molar-refractivity contribution in [3.05, 3.63) is 68.8 Å². The lowest BCUT2D eigenvalue weighted by atomic mass is 9.96. The minimum atomic E-state index is -4.78. The van der Waals surface area contributed by atoms with Gasteiger partial charge in [0.2, 0.25) is 5.78 Å². The summed E-state index contributed by atoms with van der Waals surface area (Å²) in [5, 5.41) is 9.51. The Morgan fingerprint density at radius 1 is 1.29 bits per heavy atom. The van der Waals surface area contributed by atoms with Crippen LogP contribution in [-0.2, 0) is 12.7 Å². The Kier molecular flexibility index (Phi) is 6.53. The van der Waals surface area contributed by atoms with Gasteiger partial charge in [-0.1, -0.05) is 26.0 Å². The molecule has 9 heteroatoms. The number of benzene rings is 1. The van der Waals surface area contributed by atoms with Gasteiger partial charge in [-0.15, -0.1) is 11.3 Å². The highest BCUT2D eigenvalue weighted by atomic mass is 32.1. The standard InChI is InChI=1S/C22H19F3N4OS/c1-3-12(2)21-29-20(22(23,24)25)19(31-21)18(30)16-8-13(9-26)4-6-15(16)17-7-5-14(10-27)11-28-17/h4-8,11-12H,3,10,27H2,1-2H3/t12-/m1/s1. The number of pyridine rings is 1. The second kappa shape index (κ2) is 8.96. The van der Waals surface area contributed by atoms with E-state index in [0.717, 1.165) is 16.9 Å². The summed E-state index contributed by atoms with van der Waals surface area (Å²) < 4.78 is 41.0. The molecule has 0 saturated heterocycles. The average molecular weight is 444 g/mol. The Morgan fingerprint density at radius 2 is 2.03 bits per heavy atom. The van der Waals surface area contributed by atoms with Crippen molar-refractivity contribution in [1.29, 1.82) is 5.26 Å². The normalized spacial score (nSPS) is 12.4. The molecule has 5 nitrogen and oxygen atoms in total. The van der Waals surface area contributed by atoms with Crippen molar-refractivity contribution in [2.24, 2.45) is 5.73 Å². The van der Waals surface area contributed by atoms with Crippen LogP contribution in [0, 0.1) is 11.3 Å². The topological polar surface area (TPSA) is 92.7 Å². The fourth-order valence-electron chi connectivity index (χ4n) is 2.92. The fraction of sp³-hybridized carbons (Fsp3) is 0.273. The van der Waals surface area contributed by atoms with Crippen LogP contribution >= 0.6 is 11.3 Å². The summed E-state index contributed by atoms with van der Waals surface area (Å²) in [7, 11) is 0. The zero-order valence-electron chi connectivity index (χ0n) is 16.8. The predicted molar refractivity (Wildman–Crippen MR) is 112 cm³/mol. The van der Waals surface area contributed by atoms with Gasteiger partial charge in [-0.25, -0.2) is 4.98 Å². The Labute approximate surface area is 181 Å². The second-order valence-electron chi connectivity index (χ2n) is 6.99. The first kappa shape index (κ1) is 22.6. The number of rotatable bonds is 6. The van der Waals surface area contributed by atoms with Crippen LogP contribution in [0.4, 0.5) is 13.2 Å². The molecule has 0 aliphatic carbocycles. The van der Waals surface area contributed by atoms with Crippen LogP contribution in [0.1, 0.15) is 63.2 Å². The number of alkyl halides is 3. The number of nitriles is 1. The van der Waals surface area contributed by atoms with Crippen molar-refractivity contribution in [3.8, 4) is 17.3 Å². The molecule has 2 heterocycles. The molecule has 0 aliphatic heterocycles. The third-order valence-corrected chi connectivity index (χ3v) is 6.17. The van der Waals surface area contributed by atoms with Crippen molar-refractivity contribution in [2.45, 2.75) is 38.9 Å². The SMILES string of the molecule is CC[C@@H](C)c1nc(C(F)(F)F)c(C(=O)c2cc(C#N)ccc2-c2ccc(CN)cn2)s1. The highest BCUT2D eigenvalue weighted by Gasteiger charge is 2.40. The van der Waals surface area contributed by atoms with Gasteiger partial charge in [0, 0.05) is 29.8 Å². The van der Waals surface area contributed by atoms with E-state index in [1.165, 1.54) is 24.4 Å². The van der Waals surface area contributed by atoms with Gasteiger partial charge in [0.05, 0.1) is 22.3 Å². The fourth-order valence-corrected chi connectivity index (χ4v) is 4.09. The molecule has 0 bridgehead atoms. The summed E-state index contributed by atoms with van der Waals surface area (Å²) in [5.74, 6) is -1.06. The molecular weight excluding hydrogens is 425 g/mol. The molecule has 2 aromatic heterocycles. The van der Waals surface area contributed by atoms with Crippen molar-refractivity contribution < 1.29 is 18.0 Å². The molecule has 0 fully saturated rings. The largest absolute Gasteiger partial charge is 0.434 e. The minimum absolute atomic E-state index is 0.0306. The molecule has 3 aromatic rings. The summed E-state index contributed by atoms with van der Waals surface area (Å²) in [6.45, 7) is 3.88. The number of carbonyl (C=O) groups is 1. The van der Waals surface area contributed by atoms with Gasteiger partial charge in [0.25, 0.3) is 0 Å². The Balaban J connectivity index is 2.19. The second-order valence-corrected chi connectivity index (χ2v) is 8.02. The summed E-state index contributed by atoms with van der Waals surface area (Å²) >= 11 is 0.745. The molecular formula is C22H19F3N4OS. The number of hydrogen-bond acceptors (Lipinski definition) is 6. The van der Waals surface area contributed by atoms with Gasteiger partial charge < -0.3 is 5.73 Å². The first-order valence-corrected chi connectivity index (χ1v) is 10.3. The minimum Gasteiger partial charge on any atom is -0.326 e. The molecule has 0 spiro atoms. The molecule has 0 unspecified atom stereocenters. The summed E-state index contributed by atoms with van der Waals surface area (Å²) in [6.07, 6.45) is -2.65. The third-order valence-electron chi connectivity index (χ3n) is 4.88. The molecule has 31 heavy (non-hydrogen) atoms. The van der Waals surface area contributed by atoms with Crippen LogP contribution < -0.4 is 5.73 Å². The van der Waals surface area contributed by atoms with Crippen molar-refractivity contribution in [3.63, 3.8) is 0 Å². The van der Waals surface area contributed by atoms with Gasteiger partial charge in [-0.05, 0) is 30.2 Å². The molecule has 1 aromatic carbocycles. The number of hydrogen-bond donors (Lipinski definition) is 1. The summed E-state index contributed by atoms with van der Waals surface area (Å²) in [5.41, 5.74) is 6.01. The number of halogens is 3. The van der Waals surface area contributed by atoms with Crippen molar-refractivity contribution in [1.82, 2.24) is 9.97 Å². The Morgan fingerprint density at radius 3 is 2.58 bits per heavy atom. The highest BCUT2D eigenvalue weighted by Crippen LogP contribution is 2.39. The lowest BCUT2D eigenvalue weighted by Gasteiger charge is -2.10. The molecule has 3 rings (SSSR count). The summed E-state index contributed by atoms with van der Waals surface area (Å²) in [6, 6.07) is 9.59. The van der Waals surface area contributed by atoms with Gasteiger partial charge >= 0.3 is 6.18 Å². The van der Waals surface area contributed by atoms with E-state index in [4.69, 9.17) is 5.73 Å². The van der Waals surface area contributed by atoms with E-state index < -0.39 is 22.5 Å². The maximum Gasteiger partial charge on any atom is 0.434 e. The lowest BCUT2D eigenvalue weighted by molar-refractivity contribution is -0.141. The van der Waals surface area contributed by atoms with Crippen LogP contribution in [0.2, 0.25) is 0 Å². The number of nitrogens with two attached hydrogens (primary N) is 1. The number of carbonyl (C=O) groups excluding carboxylic acids is 1. The highest BCUT2D eigenvalue weighted by molar-refractivity contribution is 7.14. The Bertz CT molecular complexity index is 1150. The number of ketones is 1. The average Bonchev–Trinajstić information content (AvgIpc) is 3.24. The number of aromatic nitrogens is 2. The van der Waals surface area contributed by atoms with Gasteiger partial charge in [-0.3, -0.25) is 9.78 Å². The zero-order valence-corrected chi connectivity index (χ0v) is 17.6. The van der Waals surface area contributed by atoms with Crippen LogP contribution in [-0.4, -0.2) is 15.8 Å². The third kappa shape index (κ3) is 4.65. The van der Waals surface area contributed by atoms with Crippen LogP contribution in [0.3, 0.4) is 0 Å². The van der Waals surface area contributed by atoms with E-state index in [9.17, 15) is 23.2 Å². The predicted octanol–water partition coefficient (Wildman–Crippen LogP) is 5.30. The van der Waals surface area contributed by atoms with E-state index in [2.05, 4.69) is 9.97 Å². The molecule has 0 amide bonds. The first-order chi connectivity index (χ1) is 14.7. The van der Waals surface area contributed by atoms with E-state index in [1.807, 2.05) is 13.0 Å². The van der Waals surface area contributed by atoms with Gasteiger partial charge in [-0.2, -0.15) is 18.4 Å².